The van der Waals surface area contributed by atoms with Crippen molar-refractivity contribution in [3.8, 4) is 5.75 Å². The summed E-state index contributed by atoms with van der Waals surface area (Å²) in [4.78, 5) is 22.0. The van der Waals surface area contributed by atoms with Gasteiger partial charge in [0, 0.05) is 23.9 Å². The maximum atomic E-state index is 11.9. The highest BCUT2D eigenvalue weighted by Crippen LogP contribution is 2.15. The maximum absolute atomic E-state index is 11.9. The highest BCUT2D eigenvalue weighted by Gasteiger charge is 2.09. The van der Waals surface area contributed by atoms with Crippen molar-refractivity contribution in [3.05, 3.63) is 64.2 Å². The van der Waals surface area contributed by atoms with Gasteiger partial charge in [0.2, 0.25) is 0 Å². The molecule has 1 unspecified atom stereocenters. The van der Waals surface area contributed by atoms with Crippen molar-refractivity contribution >= 4 is 17.4 Å². The SMILES string of the molecule is CC(CCc1ccc(O)cc1)NC(=O)Nc1ccc([N+](=O)[O-])cc1. The number of benzene rings is 2. The number of urea groups is 1. The number of phenols is 1. The van der Waals surface area contributed by atoms with Gasteiger partial charge in [-0.1, -0.05) is 12.1 Å². The summed E-state index contributed by atoms with van der Waals surface area (Å²) in [6.07, 6.45) is 1.53. The Bertz CT molecular complexity index is 699. The number of nitro groups is 1. The van der Waals surface area contributed by atoms with E-state index >= 15 is 0 Å². The van der Waals surface area contributed by atoms with Gasteiger partial charge in [-0.15, -0.1) is 0 Å². The Morgan fingerprint density at radius 1 is 1.17 bits per heavy atom. The number of hydrogen-bond acceptors (Lipinski definition) is 4. The van der Waals surface area contributed by atoms with Gasteiger partial charge < -0.3 is 15.7 Å². The van der Waals surface area contributed by atoms with Crippen LogP contribution in [0.5, 0.6) is 5.75 Å². The molecule has 0 spiro atoms. The molecule has 0 radical (unpaired) electrons. The fraction of sp³-hybridized carbons (Fsp3) is 0.235. The van der Waals surface area contributed by atoms with Gasteiger partial charge in [-0.2, -0.15) is 0 Å². The second kappa shape index (κ2) is 7.96. The highest BCUT2D eigenvalue weighted by molar-refractivity contribution is 5.89. The van der Waals surface area contributed by atoms with E-state index < -0.39 is 4.92 Å². The molecule has 2 aromatic rings. The third-order valence-electron chi connectivity index (χ3n) is 3.52. The molecule has 3 N–H and O–H groups in total. The Kier molecular flexibility index (Phi) is 5.73. The molecule has 1 atom stereocenters. The van der Waals surface area contributed by atoms with Crippen molar-refractivity contribution in [1.82, 2.24) is 5.32 Å². The smallest absolute Gasteiger partial charge is 0.319 e. The lowest BCUT2D eigenvalue weighted by Crippen LogP contribution is -2.36. The van der Waals surface area contributed by atoms with Gasteiger partial charge in [0.1, 0.15) is 5.75 Å². The Balaban J connectivity index is 1.78. The van der Waals surface area contributed by atoms with Crippen LogP contribution in [-0.2, 0) is 6.42 Å². The van der Waals surface area contributed by atoms with Crippen molar-refractivity contribution in [2.45, 2.75) is 25.8 Å². The van der Waals surface area contributed by atoms with Crippen molar-refractivity contribution < 1.29 is 14.8 Å². The molecule has 2 rings (SSSR count). The van der Waals surface area contributed by atoms with Crippen LogP contribution in [0.2, 0.25) is 0 Å². The summed E-state index contributed by atoms with van der Waals surface area (Å²) in [5, 5.41) is 25.3. The van der Waals surface area contributed by atoms with Gasteiger partial charge >= 0.3 is 6.03 Å². The standard InChI is InChI=1S/C17H19N3O4/c1-12(2-3-13-4-10-16(21)11-5-13)18-17(22)19-14-6-8-15(9-7-14)20(23)24/h4-12,21H,2-3H2,1H3,(H2,18,19,22). The summed E-state index contributed by atoms with van der Waals surface area (Å²) in [5.74, 6) is 0.229. The van der Waals surface area contributed by atoms with Crippen molar-refractivity contribution in [1.29, 1.82) is 0 Å². The largest absolute Gasteiger partial charge is 0.508 e. The number of nitro benzene ring substituents is 1. The maximum Gasteiger partial charge on any atom is 0.319 e. The first-order valence-electron chi connectivity index (χ1n) is 7.54. The van der Waals surface area contributed by atoms with Crippen LogP contribution >= 0.6 is 0 Å². The van der Waals surface area contributed by atoms with Crippen LogP contribution in [0, 0.1) is 10.1 Å². The molecule has 0 aliphatic carbocycles. The van der Waals surface area contributed by atoms with Crippen LogP contribution in [0.3, 0.4) is 0 Å². The number of aryl methyl sites for hydroxylation is 1. The van der Waals surface area contributed by atoms with Crippen LogP contribution in [0.25, 0.3) is 0 Å². The first-order valence-corrected chi connectivity index (χ1v) is 7.54. The van der Waals surface area contributed by atoms with E-state index in [2.05, 4.69) is 10.6 Å². The summed E-state index contributed by atoms with van der Waals surface area (Å²) >= 11 is 0. The molecule has 0 aliphatic rings. The van der Waals surface area contributed by atoms with Crippen LogP contribution < -0.4 is 10.6 Å². The van der Waals surface area contributed by atoms with Crippen LogP contribution in [0.4, 0.5) is 16.2 Å². The van der Waals surface area contributed by atoms with Crippen molar-refractivity contribution in [2.75, 3.05) is 5.32 Å². The lowest BCUT2D eigenvalue weighted by atomic mass is 10.1. The molecule has 2 amide bonds. The number of hydrogen-bond donors (Lipinski definition) is 3. The lowest BCUT2D eigenvalue weighted by molar-refractivity contribution is -0.384. The monoisotopic (exact) mass is 329 g/mol. The second-order valence-electron chi connectivity index (χ2n) is 5.51. The first kappa shape index (κ1) is 17.3. The molecule has 0 aromatic heterocycles. The summed E-state index contributed by atoms with van der Waals surface area (Å²) in [7, 11) is 0. The number of non-ortho nitro benzene ring substituents is 1. The lowest BCUT2D eigenvalue weighted by Gasteiger charge is -2.14. The van der Waals surface area contributed by atoms with Gasteiger partial charge in [0.15, 0.2) is 0 Å². The van der Waals surface area contributed by atoms with Gasteiger partial charge in [-0.25, -0.2) is 4.79 Å². The molecule has 0 heterocycles. The molecular weight excluding hydrogens is 310 g/mol. The first-order chi connectivity index (χ1) is 11.4. The number of rotatable bonds is 6. The minimum Gasteiger partial charge on any atom is -0.508 e. The Labute approximate surface area is 139 Å². The van der Waals surface area contributed by atoms with Gasteiger partial charge in [-0.3, -0.25) is 10.1 Å². The van der Waals surface area contributed by atoms with Crippen molar-refractivity contribution in [2.24, 2.45) is 0 Å². The summed E-state index contributed by atoms with van der Waals surface area (Å²) in [6.45, 7) is 1.90. The molecule has 24 heavy (non-hydrogen) atoms. The molecule has 0 fully saturated rings. The molecule has 2 aromatic carbocycles. The fourth-order valence-electron chi connectivity index (χ4n) is 2.18. The normalized spacial score (nSPS) is 11.5. The number of amides is 2. The third kappa shape index (κ3) is 5.28. The second-order valence-corrected chi connectivity index (χ2v) is 5.51. The van der Waals surface area contributed by atoms with Crippen molar-refractivity contribution in [3.63, 3.8) is 0 Å². The van der Waals surface area contributed by atoms with Crippen LogP contribution in [0.15, 0.2) is 48.5 Å². The molecule has 0 saturated carbocycles. The summed E-state index contributed by atoms with van der Waals surface area (Å²) < 4.78 is 0. The fourth-order valence-corrected chi connectivity index (χ4v) is 2.18. The highest BCUT2D eigenvalue weighted by atomic mass is 16.6. The quantitative estimate of drug-likeness (QED) is 0.557. The number of nitrogens with one attached hydrogen (secondary N) is 2. The average molecular weight is 329 g/mol. The molecule has 0 saturated heterocycles. The average Bonchev–Trinajstić information content (AvgIpc) is 2.54. The molecule has 7 heteroatoms. The molecule has 126 valence electrons. The number of aromatic hydroxyl groups is 1. The number of carbonyl (C=O) groups excluding carboxylic acids is 1. The zero-order chi connectivity index (χ0) is 17.5. The Morgan fingerprint density at radius 2 is 1.79 bits per heavy atom. The van der Waals surface area contributed by atoms with E-state index in [0.29, 0.717) is 5.69 Å². The molecule has 0 bridgehead atoms. The number of carbonyl (C=O) groups is 1. The molecule has 7 nitrogen and oxygen atoms in total. The topological polar surface area (TPSA) is 104 Å². The zero-order valence-electron chi connectivity index (χ0n) is 13.2. The van der Waals surface area contributed by atoms with Gasteiger partial charge in [0.05, 0.1) is 4.92 Å². The molecule has 0 aliphatic heterocycles. The summed E-state index contributed by atoms with van der Waals surface area (Å²) in [5.41, 5.74) is 1.55. The number of anilines is 1. The predicted molar refractivity (Wildman–Crippen MR) is 91.1 cm³/mol. The summed E-state index contributed by atoms with van der Waals surface area (Å²) in [6, 6.07) is 12.2. The van der Waals surface area contributed by atoms with E-state index in [4.69, 9.17) is 0 Å². The number of nitrogens with zero attached hydrogens (tertiary/aromatic N) is 1. The Morgan fingerprint density at radius 3 is 2.38 bits per heavy atom. The minimum atomic E-state index is -0.491. The minimum absolute atomic E-state index is 0.0248. The molecular formula is C17H19N3O4. The van der Waals surface area contributed by atoms with E-state index in [-0.39, 0.29) is 23.5 Å². The predicted octanol–water partition coefficient (Wildman–Crippen LogP) is 3.44. The van der Waals surface area contributed by atoms with Gasteiger partial charge in [-0.05, 0) is 49.6 Å². The zero-order valence-corrected chi connectivity index (χ0v) is 13.2. The third-order valence-corrected chi connectivity index (χ3v) is 3.52. The van der Waals surface area contributed by atoms with E-state index in [0.717, 1.165) is 18.4 Å². The Hall–Kier alpha value is -3.09. The van der Waals surface area contributed by atoms with Gasteiger partial charge in [0.25, 0.3) is 5.69 Å². The van der Waals surface area contributed by atoms with E-state index in [1.807, 2.05) is 19.1 Å². The van der Waals surface area contributed by atoms with E-state index in [1.54, 1.807) is 12.1 Å². The van der Waals surface area contributed by atoms with E-state index in [1.165, 1.54) is 24.3 Å². The number of phenolic OH excluding ortho intramolecular Hbond substituents is 1. The van der Waals surface area contributed by atoms with E-state index in [9.17, 15) is 20.0 Å². The van der Waals surface area contributed by atoms with Crippen LogP contribution in [0.1, 0.15) is 18.9 Å². The van der Waals surface area contributed by atoms with Crippen LogP contribution in [-0.4, -0.2) is 22.1 Å².